The zero-order chi connectivity index (χ0) is 47.4. The maximum absolute atomic E-state index is 12.2. The van der Waals surface area contributed by atoms with Gasteiger partial charge < -0.3 is 25.2 Å². The molecule has 4 N–H and O–H groups in total. The van der Waals surface area contributed by atoms with Gasteiger partial charge in [-0.25, -0.2) is 9.00 Å². The van der Waals surface area contributed by atoms with Gasteiger partial charge in [0.1, 0.15) is 11.5 Å². The molecule has 5 rings (SSSR count). The summed E-state index contributed by atoms with van der Waals surface area (Å²) in [5.74, 6) is 0.926. The quantitative estimate of drug-likeness (QED) is 0.0599. The first-order valence-corrected chi connectivity index (χ1v) is 20.7. The topological polar surface area (TPSA) is 325 Å². The lowest BCUT2D eigenvalue weighted by atomic mass is 9.93. The maximum Gasteiger partial charge on any atom is 0.335 e. The minimum atomic E-state index is -1.67. The third kappa shape index (κ3) is 19.2. The van der Waals surface area contributed by atoms with Crippen molar-refractivity contribution in [2.24, 2.45) is 15.3 Å². The normalized spacial score (nSPS) is 10.1. The van der Waals surface area contributed by atoms with E-state index < -0.39 is 20.4 Å². The van der Waals surface area contributed by atoms with Crippen molar-refractivity contribution in [1.82, 2.24) is 10.3 Å². The molecule has 5 aromatic rings. The number of aromatic nitrogens is 2. The summed E-state index contributed by atoms with van der Waals surface area (Å²) in [6.45, 7) is 17.5. The van der Waals surface area contributed by atoms with Crippen molar-refractivity contribution in [2.75, 3.05) is 11.1 Å². The number of anilines is 2. The van der Waals surface area contributed by atoms with E-state index in [4.69, 9.17) is 52.3 Å². The minimum absolute atomic E-state index is 0.00458. The second-order valence-electron chi connectivity index (χ2n) is 14.5. The molecular formula is C38H42Cl3N13O7S. The first-order chi connectivity index (χ1) is 28.8. The Bertz CT molecular complexity index is 2450. The summed E-state index contributed by atoms with van der Waals surface area (Å²) in [6, 6.07) is 17.5. The lowest BCUT2D eigenvalue weighted by Gasteiger charge is -2.12. The van der Waals surface area contributed by atoms with Gasteiger partial charge in [-0.05, 0) is 102 Å². The van der Waals surface area contributed by atoms with Crippen LogP contribution in [0.4, 0.5) is 28.7 Å². The van der Waals surface area contributed by atoms with Gasteiger partial charge in [-0.1, -0.05) is 85.4 Å². The second kappa shape index (κ2) is 25.3. The molecule has 0 saturated carbocycles. The van der Waals surface area contributed by atoms with E-state index in [1.54, 1.807) is 63.2 Å². The molecule has 0 unspecified atom stereocenters. The van der Waals surface area contributed by atoms with Crippen LogP contribution in [0.15, 0.2) is 91.1 Å². The highest BCUT2D eigenvalue weighted by atomic mass is 36.0. The minimum Gasteiger partial charge on any atom is -0.478 e. The number of hydrogen-bond donors (Lipinski definition) is 3. The smallest absolute Gasteiger partial charge is 0.335 e. The molecule has 0 spiro atoms. The molecule has 0 saturated heterocycles. The van der Waals surface area contributed by atoms with Crippen molar-refractivity contribution in [1.29, 1.82) is 0 Å². The summed E-state index contributed by atoms with van der Waals surface area (Å²) in [4.78, 5) is 41.5. The molecule has 24 heteroatoms. The van der Waals surface area contributed by atoms with E-state index in [9.17, 15) is 14.4 Å². The van der Waals surface area contributed by atoms with Gasteiger partial charge in [0.05, 0.1) is 5.56 Å². The van der Waals surface area contributed by atoms with Crippen molar-refractivity contribution in [3.8, 4) is 0 Å². The van der Waals surface area contributed by atoms with Crippen molar-refractivity contribution >= 4 is 88.0 Å². The fraction of sp³-hybridized carbons (Fsp3) is 0.289. The Hall–Kier alpha value is -6.56. The van der Waals surface area contributed by atoms with E-state index in [2.05, 4.69) is 67.1 Å². The molecule has 0 bridgehead atoms. The van der Waals surface area contributed by atoms with Crippen LogP contribution in [-0.4, -0.2) is 36.7 Å². The van der Waals surface area contributed by atoms with Gasteiger partial charge in [0.25, 0.3) is 11.1 Å². The number of carbonyl (C=O) groups is 3. The van der Waals surface area contributed by atoms with E-state index in [0.29, 0.717) is 45.6 Å². The zero-order valence-electron chi connectivity index (χ0n) is 34.8. The molecule has 62 heavy (non-hydrogen) atoms. The van der Waals surface area contributed by atoms with Crippen molar-refractivity contribution < 1.29 is 32.7 Å². The number of carboxylic acid groups (broad SMARTS) is 1. The third-order valence-electron chi connectivity index (χ3n) is 7.58. The number of carbonyl (C=O) groups excluding carboxylic acids is 2. The van der Waals surface area contributed by atoms with E-state index in [1.807, 2.05) is 41.5 Å². The number of azide groups is 3. The van der Waals surface area contributed by atoms with Crippen LogP contribution < -0.4 is 11.1 Å². The van der Waals surface area contributed by atoms with Crippen LogP contribution in [0.5, 0.6) is 0 Å². The standard InChI is InChI=1S/C15H17N5O2.C8H6ClN3O.C8H7N3O2.C7H12N2O.Cl2OS/c1-9-5-6-10(7-11(9)18-20-16)14(21)17-13-8-12(22-19-13)15(2,3)4;1-5-2-3-6(8(9)13)4-7(5)11-12-10;1-5-2-3-6(8(12)13)4-7(5)10-11-9;1-7(2,3)5-4-6(8)9-10-5;1-4(2)3/h5-8H,1-4H3,(H,17,19,21);2-4H,1H3;2-4H,1H3,(H,12,13);4H,1-3H3,(H2,8,9);. The molecule has 0 aliphatic heterocycles. The second-order valence-corrected chi connectivity index (χ2v) is 17.3. The number of nitrogens with one attached hydrogen (secondary N) is 1. The average Bonchev–Trinajstić information content (AvgIpc) is 3.85. The van der Waals surface area contributed by atoms with Crippen LogP contribution in [0.3, 0.4) is 0 Å². The highest BCUT2D eigenvalue weighted by Crippen LogP contribution is 2.26. The first kappa shape index (κ1) is 53.5. The number of nitrogen functional groups attached to an aromatic ring is 1. The number of hydrogen-bond acceptors (Lipinski definition) is 12. The Morgan fingerprint density at radius 1 is 0.694 bits per heavy atom. The molecule has 20 nitrogen and oxygen atoms in total. The fourth-order valence-electron chi connectivity index (χ4n) is 4.21. The molecule has 0 fully saturated rings. The van der Waals surface area contributed by atoms with Crippen LogP contribution in [0, 0.1) is 20.8 Å². The van der Waals surface area contributed by atoms with Crippen LogP contribution in [0.1, 0.15) is 101 Å². The number of benzene rings is 3. The van der Waals surface area contributed by atoms with Gasteiger partial charge in [-0.15, -0.1) is 0 Å². The average molecular weight is 931 g/mol. The molecule has 1 amide bonds. The Kier molecular flexibility index (Phi) is 21.8. The largest absolute Gasteiger partial charge is 0.478 e. The fourth-order valence-corrected chi connectivity index (χ4v) is 4.33. The van der Waals surface area contributed by atoms with Gasteiger partial charge in [0.15, 0.2) is 11.6 Å². The van der Waals surface area contributed by atoms with Crippen LogP contribution >= 0.6 is 33.0 Å². The number of aryl methyl sites for hydroxylation is 3. The summed E-state index contributed by atoms with van der Waals surface area (Å²) in [5.41, 5.74) is 34.5. The summed E-state index contributed by atoms with van der Waals surface area (Å²) in [6.07, 6.45) is 0. The number of rotatable bonds is 7. The van der Waals surface area contributed by atoms with E-state index in [-0.39, 0.29) is 22.3 Å². The molecular weight excluding hydrogens is 889 g/mol. The number of amides is 1. The van der Waals surface area contributed by atoms with Crippen molar-refractivity contribution in [2.45, 2.75) is 73.1 Å². The van der Waals surface area contributed by atoms with Gasteiger partial charge in [0.2, 0.25) is 9.23 Å². The summed E-state index contributed by atoms with van der Waals surface area (Å²) in [5, 5.41) is 28.5. The summed E-state index contributed by atoms with van der Waals surface area (Å²) in [7, 11) is 7.36. The number of nitrogens with zero attached hydrogens (tertiary/aromatic N) is 11. The van der Waals surface area contributed by atoms with Gasteiger partial charge in [-0.3, -0.25) is 9.59 Å². The molecule has 328 valence electrons. The van der Waals surface area contributed by atoms with E-state index in [1.165, 1.54) is 24.3 Å². The number of aromatic carboxylic acids is 1. The molecule has 2 aromatic heterocycles. The number of carboxylic acids is 1. The highest BCUT2D eigenvalue weighted by molar-refractivity contribution is 8.26. The monoisotopic (exact) mass is 929 g/mol. The van der Waals surface area contributed by atoms with E-state index in [0.717, 1.165) is 22.5 Å². The van der Waals surface area contributed by atoms with Gasteiger partial charge in [0, 0.05) is 87.3 Å². The summed E-state index contributed by atoms with van der Waals surface area (Å²) < 4.78 is 19.3. The maximum atomic E-state index is 12.2. The van der Waals surface area contributed by atoms with E-state index >= 15 is 0 Å². The molecule has 0 aliphatic rings. The Morgan fingerprint density at radius 2 is 1.06 bits per heavy atom. The molecule has 2 heterocycles. The van der Waals surface area contributed by atoms with Crippen LogP contribution in [-0.2, 0) is 20.1 Å². The number of nitrogens with two attached hydrogens (primary N) is 1. The molecule has 3 aromatic carbocycles. The molecule has 0 aliphatic carbocycles. The highest BCUT2D eigenvalue weighted by Gasteiger charge is 2.21. The van der Waals surface area contributed by atoms with Crippen molar-refractivity contribution in [3.05, 3.63) is 143 Å². The van der Waals surface area contributed by atoms with Crippen LogP contribution in [0.2, 0.25) is 0 Å². The molecule has 0 radical (unpaired) electrons. The van der Waals surface area contributed by atoms with Gasteiger partial charge in [-0.2, -0.15) is 0 Å². The number of halogens is 3. The predicted molar refractivity (Wildman–Crippen MR) is 240 cm³/mol. The van der Waals surface area contributed by atoms with Crippen molar-refractivity contribution in [3.63, 3.8) is 0 Å². The Balaban J connectivity index is 0.000000418. The molecule has 0 atom stereocenters. The van der Waals surface area contributed by atoms with Gasteiger partial charge >= 0.3 is 5.97 Å². The predicted octanol–water partition coefficient (Wildman–Crippen LogP) is 13.0. The Labute approximate surface area is 372 Å². The zero-order valence-corrected chi connectivity index (χ0v) is 37.9. The lowest BCUT2D eigenvalue weighted by Crippen LogP contribution is -2.12. The third-order valence-corrected chi connectivity index (χ3v) is 7.80. The first-order valence-electron chi connectivity index (χ1n) is 17.5. The summed E-state index contributed by atoms with van der Waals surface area (Å²) >= 11 is 5.25. The van der Waals surface area contributed by atoms with Crippen LogP contribution in [0.25, 0.3) is 31.3 Å². The lowest BCUT2D eigenvalue weighted by molar-refractivity contribution is 0.0696. The Morgan fingerprint density at radius 3 is 1.40 bits per heavy atom. The SMILES string of the molecule is CC(C)(C)c1cc(N)no1.Cc1ccc(C(=O)Cl)cc1N=[N+]=[N-].Cc1ccc(C(=O)Nc2cc(C(C)(C)C)on2)cc1N=[N+]=[N-].Cc1ccc(C(=O)O)cc1N=[N+]=[N-].O=S(Cl)Cl.